The minimum absolute atomic E-state index is 0.00900. The number of nitriles is 1. The Hall–Kier alpha value is -1.17. The number of alkyl halides is 1. The molecule has 106 valence electrons. The molecule has 0 bridgehead atoms. The van der Waals surface area contributed by atoms with Crippen LogP contribution < -0.4 is 11.1 Å². The van der Waals surface area contributed by atoms with Gasteiger partial charge in [-0.05, 0) is 27.2 Å². The van der Waals surface area contributed by atoms with E-state index in [-0.39, 0.29) is 10.1 Å². The molecule has 1 aliphatic heterocycles. The van der Waals surface area contributed by atoms with Crippen LogP contribution in [0.15, 0.2) is 11.9 Å². The minimum atomic E-state index is -0.511. The van der Waals surface area contributed by atoms with Gasteiger partial charge in [0.2, 0.25) is 0 Å². The normalized spacial score (nSPS) is 23.9. The van der Waals surface area contributed by atoms with Crippen molar-refractivity contribution in [2.45, 2.75) is 42.9 Å². The number of hydrogen-bond acceptors (Lipinski definition) is 5. The number of ether oxygens (including phenoxy) is 1. The third-order valence-electron chi connectivity index (χ3n) is 2.56. The molecular weight excluding hydrogens is 359 g/mol. The molecule has 7 heteroatoms. The summed E-state index contributed by atoms with van der Waals surface area (Å²) in [7, 11) is 0. The van der Waals surface area contributed by atoms with E-state index in [1.54, 1.807) is 0 Å². The maximum Gasteiger partial charge on any atom is 0.407 e. The Kier molecular flexibility index (Phi) is 5.29. The zero-order valence-electron chi connectivity index (χ0n) is 11.3. The van der Waals surface area contributed by atoms with Gasteiger partial charge in [0.05, 0.1) is 18.2 Å². The molecule has 1 aliphatic rings. The summed E-state index contributed by atoms with van der Waals surface area (Å²) in [5.74, 6) is 0.426. The lowest BCUT2D eigenvalue weighted by atomic mass is 10.2. The highest BCUT2D eigenvalue weighted by Crippen LogP contribution is 2.26. The fourth-order valence-corrected chi connectivity index (χ4v) is 2.92. The van der Waals surface area contributed by atoms with E-state index in [0.29, 0.717) is 12.4 Å². The van der Waals surface area contributed by atoms with Gasteiger partial charge < -0.3 is 20.7 Å². The van der Waals surface area contributed by atoms with Crippen LogP contribution in [-0.2, 0) is 4.74 Å². The van der Waals surface area contributed by atoms with Crippen molar-refractivity contribution in [1.29, 1.82) is 5.26 Å². The maximum absolute atomic E-state index is 11.7. The number of halogens is 1. The first-order valence-corrected chi connectivity index (χ1v) is 7.24. The second-order valence-electron chi connectivity index (χ2n) is 5.31. The Balaban J connectivity index is 2.57. The fourth-order valence-electron chi connectivity index (χ4n) is 1.78. The lowest BCUT2D eigenvalue weighted by Crippen LogP contribution is -2.44. The molecule has 2 unspecified atom stereocenters. The Morgan fingerprint density at radius 2 is 2.26 bits per heavy atom. The van der Waals surface area contributed by atoms with E-state index >= 15 is 0 Å². The van der Waals surface area contributed by atoms with E-state index in [1.807, 2.05) is 31.7 Å². The molecule has 0 saturated carbocycles. The second-order valence-corrected chi connectivity index (χ2v) is 6.58. The van der Waals surface area contributed by atoms with Crippen molar-refractivity contribution >= 4 is 28.7 Å². The topological polar surface area (TPSA) is 91.4 Å². The zero-order valence-corrected chi connectivity index (χ0v) is 13.5. The van der Waals surface area contributed by atoms with Crippen LogP contribution in [-0.4, -0.2) is 33.2 Å². The zero-order chi connectivity index (χ0) is 14.6. The molecular formula is C12H19IN4O2. The minimum Gasteiger partial charge on any atom is -0.444 e. The summed E-state index contributed by atoms with van der Waals surface area (Å²) in [6.45, 7) is 6.17. The van der Waals surface area contributed by atoms with Crippen molar-refractivity contribution in [3.05, 3.63) is 11.9 Å². The van der Waals surface area contributed by atoms with Crippen LogP contribution in [0.5, 0.6) is 0 Å². The van der Waals surface area contributed by atoms with Crippen LogP contribution in [0.1, 0.15) is 27.2 Å². The number of rotatable bonds is 2. The molecule has 0 aliphatic carbocycles. The molecule has 19 heavy (non-hydrogen) atoms. The van der Waals surface area contributed by atoms with E-state index in [2.05, 4.69) is 27.9 Å². The second kappa shape index (κ2) is 6.32. The summed E-state index contributed by atoms with van der Waals surface area (Å²) in [4.78, 5) is 13.6. The third kappa shape index (κ3) is 4.78. The molecule has 0 aromatic heterocycles. The molecule has 0 spiro atoms. The van der Waals surface area contributed by atoms with Crippen LogP contribution in [0, 0.1) is 11.3 Å². The molecule has 6 nitrogen and oxygen atoms in total. The van der Waals surface area contributed by atoms with Gasteiger partial charge in [0.1, 0.15) is 15.5 Å². The highest BCUT2D eigenvalue weighted by atomic mass is 127. The third-order valence-corrected chi connectivity index (χ3v) is 4.10. The average molecular weight is 378 g/mol. The predicted molar refractivity (Wildman–Crippen MR) is 80.2 cm³/mol. The van der Waals surface area contributed by atoms with Crippen LogP contribution in [0.2, 0.25) is 0 Å². The Morgan fingerprint density at radius 3 is 2.79 bits per heavy atom. The van der Waals surface area contributed by atoms with Crippen molar-refractivity contribution < 1.29 is 9.53 Å². The molecule has 2 atom stereocenters. The van der Waals surface area contributed by atoms with Crippen molar-refractivity contribution in [3.63, 3.8) is 0 Å². The molecule has 1 rings (SSSR count). The number of carbonyl (C=O) groups excluding carboxylic acids is 1. The number of nitrogens with one attached hydrogen (secondary N) is 1. The van der Waals surface area contributed by atoms with Crippen LogP contribution in [0.25, 0.3) is 0 Å². The number of allylic oxidation sites excluding steroid dienone is 1. The van der Waals surface area contributed by atoms with E-state index in [0.717, 1.165) is 6.42 Å². The lowest BCUT2D eigenvalue weighted by molar-refractivity contribution is 0.0505. The summed E-state index contributed by atoms with van der Waals surface area (Å²) in [6.07, 6.45) is 1.65. The summed E-state index contributed by atoms with van der Waals surface area (Å²) in [6, 6.07) is 1.87. The van der Waals surface area contributed by atoms with E-state index < -0.39 is 11.7 Å². The lowest BCUT2D eigenvalue weighted by Gasteiger charge is -2.26. The molecule has 1 amide bonds. The summed E-state index contributed by atoms with van der Waals surface area (Å²) < 4.78 is 5.23. The molecule has 1 heterocycles. The van der Waals surface area contributed by atoms with Gasteiger partial charge in [0.25, 0.3) is 0 Å². The van der Waals surface area contributed by atoms with Gasteiger partial charge in [0.15, 0.2) is 0 Å². The Bertz CT molecular complexity index is 411. The smallest absolute Gasteiger partial charge is 0.407 e. The predicted octanol–water partition coefficient (Wildman–Crippen LogP) is 1.67. The van der Waals surface area contributed by atoms with Gasteiger partial charge >= 0.3 is 6.09 Å². The van der Waals surface area contributed by atoms with Gasteiger partial charge in [-0.3, -0.25) is 0 Å². The number of nitrogens with zero attached hydrogens (tertiary/aromatic N) is 2. The highest BCUT2D eigenvalue weighted by Gasteiger charge is 2.34. The van der Waals surface area contributed by atoms with Gasteiger partial charge in [0, 0.05) is 6.54 Å². The molecule has 3 N–H and O–H groups in total. The first kappa shape index (κ1) is 15.9. The van der Waals surface area contributed by atoms with Crippen LogP contribution >= 0.6 is 22.6 Å². The largest absolute Gasteiger partial charge is 0.444 e. The molecule has 1 fully saturated rings. The number of carbonyl (C=O) groups is 1. The fraction of sp³-hybridized carbons (Fsp3) is 0.667. The maximum atomic E-state index is 11.7. The van der Waals surface area contributed by atoms with Gasteiger partial charge in [-0.25, -0.2) is 4.79 Å². The number of likely N-dealkylation sites (tertiary alicyclic amines) is 1. The number of nitrogens with two attached hydrogens (primary N) is 1. The molecule has 1 saturated heterocycles. The molecule has 0 aromatic rings. The standard InChI is InChI=1S/C12H19IN4O2/c1-12(2,3)19-11(18)16-8-5-7-17(10(8)13)9(15)4-6-14/h4,8,10H,5,7,15H2,1-3H3,(H,16,18). The van der Waals surface area contributed by atoms with Crippen LogP contribution in [0.4, 0.5) is 4.79 Å². The molecule has 0 radical (unpaired) electrons. The van der Waals surface area contributed by atoms with E-state index in [9.17, 15) is 4.79 Å². The van der Waals surface area contributed by atoms with Gasteiger partial charge in [-0.2, -0.15) is 5.26 Å². The van der Waals surface area contributed by atoms with Crippen molar-refractivity contribution in [2.75, 3.05) is 6.54 Å². The van der Waals surface area contributed by atoms with Gasteiger partial charge in [-0.1, -0.05) is 22.6 Å². The van der Waals surface area contributed by atoms with E-state index in [4.69, 9.17) is 15.7 Å². The average Bonchev–Trinajstić information content (AvgIpc) is 2.58. The highest BCUT2D eigenvalue weighted by molar-refractivity contribution is 14.1. The van der Waals surface area contributed by atoms with Crippen molar-refractivity contribution in [3.8, 4) is 6.07 Å². The number of amides is 1. The number of hydrogen-bond donors (Lipinski definition) is 2. The quantitative estimate of drug-likeness (QED) is 0.330. The van der Waals surface area contributed by atoms with Crippen LogP contribution in [0.3, 0.4) is 0 Å². The van der Waals surface area contributed by atoms with E-state index in [1.165, 1.54) is 6.08 Å². The van der Waals surface area contributed by atoms with Crippen molar-refractivity contribution in [1.82, 2.24) is 10.2 Å². The number of alkyl carbamates (subject to hydrolysis) is 1. The Labute approximate surface area is 127 Å². The monoisotopic (exact) mass is 378 g/mol. The molecule has 0 aromatic carbocycles. The summed E-state index contributed by atoms with van der Waals surface area (Å²) in [5.41, 5.74) is 5.28. The first-order chi connectivity index (χ1) is 8.74. The van der Waals surface area contributed by atoms with Crippen molar-refractivity contribution in [2.24, 2.45) is 5.73 Å². The summed E-state index contributed by atoms with van der Waals surface area (Å²) >= 11 is 2.21. The van der Waals surface area contributed by atoms with Gasteiger partial charge in [-0.15, -0.1) is 0 Å². The summed E-state index contributed by atoms with van der Waals surface area (Å²) in [5, 5.41) is 11.4. The first-order valence-electron chi connectivity index (χ1n) is 6.00. The SMILES string of the molecule is CC(C)(C)OC(=O)NC1CCN(C(N)=CC#N)C1I. The Morgan fingerprint density at radius 1 is 1.63 bits per heavy atom.